The minimum absolute atomic E-state index is 0.0787. The van der Waals surface area contributed by atoms with Crippen molar-refractivity contribution in [2.45, 2.75) is 210 Å². The van der Waals surface area contributed by atoms with Crippen LogP contribution in [0, 0.1) is 134 Å². The molecule has 28 heteroatoms. The molecule has 137 heavy (non-hydrogen) atoms. The van der Waals surface area contributed by atoms with E-state index in [1.54, 1.807) is 181 Å². The first-order valence-electron chi connectivity index (χ1n) is 44.0. The Balaban J connectivity index is 0.000000224. The highest BCUT2D eigenvalue weighted by atomic mass is 127. The lowest BCUT2D eigenvalue weighted by Crippen LogP contribution is -2.10. The maximum Gasteiger partial charge on any atom is 0.310 e. The van der Waals surface area contributed by atoms with E-state index < -0.39 is 17.6 Å². The second-order valence-corrected chi connectivity index (χ2v) is 33.8. The molecule has 726 valence electrons. The minimum atomic E-state index is -0.545. The summed E-state index contributed by atoms with van der Waals surface area (Å²) in [7, 11) is 0. The summed E-state index contributed by atoms with van der Waals surface area (Å²) in [5.41, 5.74) is 13.0. The Kier molecular flexibility index (Phi) is 44.6. The Morgan fingerprint density at radius 1 is 0.248 bits per heavy atom. The number of halogens is 10. The van der Waals surface area contributed by atoms with E-state index in [1.807, 2.05) is 84.0 Å². The van der Waals surface area contributed by atoms with Gasteiger partial charge in [0, 0.05) is 105 Å². The molecule has 0 heterocycles. The highest BCUT2D eigenvalue weighted by Crippen LogP contribution is 2.37. The summed E-state index contributed by atoms with van der Waals surface area (Å²) in [6, 6.07) is 51.2. The van der Waals surface area contributed by atoms with Crippen LogP contribution in [0.5, 0.6) is 69.0 Å². The molecule has 0 saturated heterocycles. The van der Waals surface area contributed by atoms with Crippen LogP contribution in [0.4, 0.5) is 30.7 Å². The first-order valence-corrected chi connectivity index (χ1v) is 46.2. The van der Waals surface area contributed by atoms with Crippen LogP contribution < -0.4 is 56.8 Å². The number of hydrogen-bond donors (Lipinski definition) is 0. The molecular formula is C109H112BrClF7IO18. The van der Waals surface area contributed by atoms with Gasteiger partial charge in [-0.2, -0.15) is 0 Å². The van der Waals surface area contributed by atoms with E-state index >= 15 is 0 Å². The van der Waals surface area contributed by atoms with Crippen LogP contribution in [-0.4, -0.2) is 35.8 Å². The molecule has 0 aliphatic heterocycles. The minimum Gasteiger partial charge on any atom is -0.488 e. The molecule has 0 atom stereocenters. The quantitative estimate of drug-likeness (QED) is 0.0177. The van der Waals surface area contributed by atoms with Gasteiger partial charge in [0.2, 0.25) is 0 Å². The van der Waals surface area contributed by atoms with Crippen LogP contribution in [0.15, 0.2) is 193 Å². The summed E-state index contributed by atoms with van der Waals surface area (Å²) < 4.78 is 164. The van der Waals surface area contributed by atoms with Crippen molar-refractivity contribution in [1.82, 2.24) is 0 Å². The molecule has 12 aromatic rings. The zero-order chi connectivity index (χ0) is 101. The number of para-hydroxylation sites is 1. The smallest absolute Gasteiger partial charge is 0.310 e. The molecule has 0 aromatic heterocycles. The van der Waals surface area contributed by atoms with Gasteiger partial charge in [-0.1, -0.05) is 124 Å². The molecule has 0 radical (unpaired) electrons. The van der Waals surface area contributed by atoms with Gasteiger partial charge in [0.25, 0.3) is 0 Å². The first kappa shape index (κ1) is 111. The van der Waals surface area contributed by atoms with Gasteiger partial charge in [-0.25, -0.2) is 30.7 Å². The van der Waals surface area contributed by atoms with Crippen molar-refractivity contribution >= 4 is 85.9 Å². The zero-order valence-corrected chi connectivity index (χ0v) is 84.5. The fourth-order valence-corrected chi connectivity index (χ4v) is 13.9. The maximum atomic E-state index is 14.0. The molecule has 12 rings (SSSR count). The van der Waals surface area contributed by atoms with Gasteiger partial charge < -0.3 is 56.8 Å². The highest BCUT2D eigenvalue weighted by molar-refractivity contribution is 14.1. The SMILES string of the molecule is CCC(=O)Oc1cccc(Br)c1COc1cc(F)c(C)cc1C.CCC(=O)Oc1cccc(C)c1COc1cc(F)c(C)cc1C.CCC(=O)Oc1cccc(Cl)c1COc1cc(F)c(C)cc1C.CCC(=O)Oc1cccc(F)c1COc1cc(F)c(C)cc1C.CCC(=O)Oc1cccc(I)c1COc1cc(F)c(C)cc1C.CCC(=O)Oc1ccccc1COc1cc(F)c(C)cc1C. The number of aryl methyl sites for hydroxylation is 13. The molecule has 18 nitrogen and oxygen atoms in total. The molecule has 0 aliphatic rings. The Morgan fingerprint density at radius 3 is 0.854 bits per heavy atom. The molecule has 0 amide bonds. The van der Waals surface area contributed by atoms with Crippen LogP contribution in [-0.2, 0) is 68.4 Å². The van der Waals surface area contributed by atoms with Crippen molar-refractivity contribution in [2.75, 3.05) is 0 Å². The van der Waals surface area contributed by atoms with Crippen LogP contribution in [0.3, 0.4) is 0 Å². The molecule has 0 N–H and O–H groups in total. The lowest BCUT2D eigenvalue weighted by atomic mass is 10.1. The van der Waals surface area contributed by atoms with Gasteiger partial charge in [0.15, 0.2) is 0 Å². The Bertz CT molecular complexity index is 5520. The molecule has 12 aromatic carbocycles. The first-order chi connectivity index (χ1) is 65.1. The van der Waals surface area contributed by atoms with Crippen LogP contribution in [0.25, 0.3) is 0 Å². The molecular weight excluding hydrogens is 1970 g/mol. The number of rotatable bonds is 30. The molecule has 0 saturated carbocycles. The fraction of sp³-hybridized carbons (Fsp3) is 0.284. The van der Waals surface area contributed by atoms with Crippen molar-refractivity contribution in [2.24, 2.45) is 0 Å². The van der Waals surface area contributed by atoms with Crippen molar-refractivity contribution in [3.8, 4) is 69.0 Å². The van der Waals surface area contributed by atoms with E-state index in [1.165, 1.54) is 54.6 Å². The Morgan fingerprint density at radius 2 is 0.496 bits per heavy atom. The predicted molar refractivity (Wildman–Crippen MR) is 526 cm³/mol. The number of hydrogen-bond acceptors (Lipinski definition) is 18. The third kappa shape index (κ3) is 34.2. The maximum absolute atomic E-state index is 14.0. The van der Waals surface area contributed by atoms with Gasteiger partial charge in [-0.15, -0.1) is 0 Å². The normalized spacial score (nSPS) is 10.5. The standard InChI is InChI=1S/C19H21FO3.C18H18BrFO3.C18H18ClFO3.C18H18F2O3.C18H18FIO3.C18H19FO3/c1-5-19(21)23-17-8-6-7-12(2)15(17)11-22-18-10-16(20)13(3)9-14(18)4;3*1-4-18(21)23-16-7-5-6-14(19)13(16)10-22-17-9-15(20)11(2)8-12(17)3;1-4-18(21)23-16-7-5-6-15(20)13(16)10-22-17-9-14(19)11(2)8-12(17)3;1-4-18(20)22-16-8-6-5-7-14(16)11-21-17-10-15(19)12(2)9-13(17)3/h6-10H,5,11H2,1-4H3;4*5-9H,4,10H2,1-3H3;5-10H,4,11H2,1-3H3. The van der Waals surface area contributed by atoms with Gasteiger partial charge in [0.05, 0.1) is 16.1 Å². The second kappa shape index (κ2) is 54.9. The number of ether oxygens (including phenoxy) is 12. The predicted octanol–water partition coefficient (Wildman–Crippen LogP) is 28.5. The largest absolute Gasteiger partial charge is 0.488 e. The summed E-state index contributed by atoms with van der Waals surface area (Å²) in [5, 5.41) is 0.427. The van der Waals surface area contributed by atoms with Gasteiger partial charge in [-0.3, -0.25) is 28.8 Å². The van der Waals surface area contributed by atoms with Crippen molar-refractivity contribution in [1.29, 1.82) is 0 Å². The zero-order valence-electron chi connectivity index (χ0n) is 80.0. The average Bonchev–Trinajstić information content (AvgIpc) is 0.837. The van der Waals surface area contributed by atoms with E-state index in [0.29, 0.717) is 132 Å². The number of benzene rings is 12. The lowest BCUT2D eigenvalue weighted by molar-refractivity contribution is -0.135. The van der Waals surface area contributed by atoms with Crippen molar-refractivity contribution in [3.05, 3.63) is 348 Å². The van der Waals surface area contributed by atoms with E-state index in [0.717, 1.165) is 63.7 Å². The topological polar surface area (TPSA) is 213 Å². The second-order valence-electron chi connectivity index (χ2n) is 31.4. The van der Waals surface area contributed by atoms with E-state index in [2.05, 4.69) is 38.5 Å². The van der Waals surface area contributed by atoms with Crippen LogP contribution in [0.2, 0.25) is 5.02 Å². The fourth-order valence-electron chi connectivity index (χ4n) is 12.6. The van der Waals surface area contributed by atoms with Gasteiger partial charge in [0.1, 0.15) is 149 Å². The van der Waals surface area contributed by atoms with E-state index in [9.17, 15) is 59.5 Å². The van der Waals surface area contributed by atoms with Crippen LogP contribution in [0.1, 0.15) is 186 Å². The number of esters is 6. The molecule has 0 bridgehead atoms. The highest BCUT2D eigenvalue weighted by Gasteiger charge is 2.22. The van der Waals surface area contributed by atoms with Crippen molar-refractivity contribution in [3.63, 3.8) is 0 Å². The monoisotopic (exact) mass is 2080 g/mol. The molecule has 0 spiro atoms. The summed E-state index contributed by atoms with van der Waals surface area (Å²) >= 11 is 11.8. The summed E-state index contributed by atoms with van der Waals surface area (Å²) in [4.78, 5) is 69.0. The molecule has 0 aliphatic carbocycles. The van der Waals surface area contributed by atoms with Crippen molar-refractivity contribution < 1.29 is 116 Å². The summed E-state index contributed by atoms with van der Waals surface area (Å²) in [6.45, 7) is 34.2. The Labute approximate surface area is 823 Å². The molecule has 0 unspecified atom stereocenters. The summed E-state index contributed by atoms with van der Waals surface area (Å²) in [5.74, 6) is 0.527. The lowest BCUT2D eigenvalue weighted by Gasteiger charge is -2.15. The molecule has 0 fully saturated rings. The third-order valence-electron chi connectivity index (χ3n) is 20.7. The third-order valence-corrected chi connectivity index (χ3v) is 22.8. The van der Waals surface area contributed by atoms with Gasteiger partial charge >= 0.3 is 35.8 Å². The Hall–Kier alpha value is -12.7. The van der Waals surface area contributed by atoms with E-state index in [4.69, 9.17) is 68.4 Å². The summed E-state index contributed by atoms with van der Waals surface area (Å²) in [6.07, 6.45) is 1.63. The average molecular weight is 2090 g/mol. The number of carbonyl (C=O) groups is 6. The number of carbonyl (C=O) groups excluding carboxylic acids is 6. The van der Waals surface area contributed by atoms with Gasteiger partial charge in [-0.05, 0) is 282 Å². The van der Waals surface area contributed by atoms with E-state index in [-0.39, 0.29) is 129 Å². The van der Waals surface area contributed by atoms with Crippen LogP contribution >= 0.6 is 50.1 Å².